The molecular weight excluding hydrogens is 369 g/mol. The van der Waals surface area contributed by atoms with Gasteiger partial charge in [-0.15, -0.1) is 0 Å². The number of rotatable bonds is 5. The van der Waals surface area contributed by atoms with E-state index in [2.05, 4.69) is 9.97 Å². The summed E-state index contributed by atoms with van der Waals surface area (Å²) in [6, 6.07) is 0. The summed E-state index contributed by atoms with van der Waals surface area (Å²) in [4.78, 5) is 10.2. The van der Waals surface area contributed by atoms with Gasteiger partial charge in [0.15, 0.2) is 0 Å². The molecule has 3 heterocycles. The van der Waals surface area contributed by atoms with Crippen LogP contribution in [0.15, 0.2) is 17.6 Å². The van der Waals surface area contributed by atoms with Gasteiger partial charge in [0.1, 0.15) is 0 Å². The summed E-state index contributed by atoms with van der Waals surface area (Å²) < 4.78 is 37.7. The number of likely N-dealkylation sites (tertiary alicyclic amines) is 1. The first-order valence-electron chi connectivity index (χ1n) is 9.31. The Morgan fingerprint density at radius 3 is 2.37 bits per heavy atom. The van der Waals surface area contributed by atoms with E-state index in [4.69, 9.17) is 14.4 Å². The van der Waals surface area contributed by atoms with E-state index < -0.39 is 33.4 Å². The molecule has 0 bridgehead atoms. The normalized spacial score (nSPS) is 25.7. The monoisotopic (exact) mass is 397 g/mol. The SMILES string of the molecule is CC1(C)OB(c2cnc(S(=O)(=O)[C@H]3CCCN(CCO)C3)nc2)OC1(C)C. The molecule has 2 saturated heterocycles. The van der Waals surface area contributed by atoms with Crippen LogP contribution in [0.1, 0.15) is 40.5 Å². The average Bonchev–Trinajstić information content (AvgIpc) is 2.83. The molecule has 3 rings (SSSR count). The van der Waals surface area contributed by atoms with Crippen molar-refractivity contribution in [3.05, 3.63) is 12.4 Å². The van der Waals surface area contributed by atoms with Crippen molar-refractivity contribution < 1.29 is 22.8 Å². The van der Waals surface area contributed by atoms with Gasteiger partial charge < -0.3 is 14.4 Å². The maximum Gasteiger partial charge on any atom is 0.498 e. The predicted octanol–water partition coefficient (Wildman–Crippen LogP) is 0.00620. The lowest BCUT2D eigenvalue weighted by atomic mass is 9.81. The minimum atomic E-state index is -3.63. The van der Waals surface area contributed by atoms with Crippen LogP contribution in [0.3, 0.4) is 0 Å². The third-order valence-corrected chi connectivity index (χ3v) is 7.73. The minimum Gasteiger partial charge on any atom is -0.399 e. The van der Waals surface area contributed by atoms with Gasteiger partial charge in [-0.3, -0.25) is 4.90 Å². The Kier molecular flexibility index (Phi) is 5.66. The van der Waals surface area contributed by atoms with Crippen LogP contribution in [0.5, 0.6) is 0 Å². The second-order valence-electron chi connectivity index (χ2n) is 8.22. The van der Waals surface area contributed by atoms with Gasteiger partial charge in [-0.05, 0) is 47.1 Å². The first kappa shape index (κ1) is 20.7. The van der Waals surface area contributed by atoms with E-state index in [1.807, 2.05) is 32.6 Å². The molecule has 0 aliphatic carbocycles. The van der Waals surface area contributed by atoms with Crippen molar-refractivity contribution in [3.8, 4) is 0 Å². The van der Waals surface area contributed by atoms with Gasteiger partial charge in [0, 0.05) is 30.9 Å². The molecule has 150 valence electrons. The molecule has 2 fully saturated rings. The van der Waals surface area contributed by atoms with Crippen LogP contribution in [-0.4, -0.2) is 78.2 Å². The van der Waals surface area contributed by atoms with Gasteiger partial charge in [0.2, 0.25) is 15.0 Å². The van der Waals surface area contributed by atoms with Gasteiger partial charge in [-0.25, -0.2) is 18.4 Å². The summed E-state index contributed by atoms with van der Waals surface area (Å²) in [6.07, 6.45) is 4.29. The zero-order chi connectivity index (χ0) is 19.9. The number of nitrogens with zero attached hydrogens (tertiary/aromatic N) is 3. The molecule has 1 aromatic heterocycles. The first-order valence-corrected chi connectivity index (χ1v) is 10.9. The fourth-order valence-corrected chi connectivity index (χ4v) is 4.92. The van der Waals surface area contributed by atoms with E-state index in [1.165, 1.54) is 12.4 Å². The largest absolute Gasteiger partial charge is 0.498 e. The number of β-amino-alcohol motifs (C(OH)–C–C–N with tert-alkyl or cyclic N) is 1. The highest BCUT2D eigenvalue weighted by molar-refractivity contribution is 7.91. The highest BCUT2D eigenvalue weighted by atomic mass is 32.2. The third-order valence-electron chi connectivity index (χ3n) is 5.75. The van der Waals surface area contributed by atoms with Gasteiger partial charge >= 0.3 is 7.12 Å². The summed E-state index contributed by atoms with van der Waals surface area (Å²) in [5.74, 6) is 0. The highest BCUT2D eigenvalue weighted by Crippen LogP contribution is 2.36. The first-order chi connectivity index (χ1) is 12.6. The average molecular weight is 397 g/mol. The molecule has 1 aromatic rings. The smallest absolute Gasteiger partial charge is 0.399 e. The number of aromatic nitrogens is 2. The van der Waals surface area contributed by atoms with Crippen LogP contribution >= 0.6 is 0 Å². The topological polar surface area (TPSA) is 102 Å². The van der Waals surface area contributed by atoms with E-state index in [9.17, 15) is 8.42 Å². The fourth-order valence-electron chi connectivity index (χ4n) is 3.33. The Morgan fingerprint density at radius 1 is 1.22 bits per heavy atom. The fraction of sp³-hybridized carbons (Fsp3) is 0.765. The predicted molar refractivity (Wildman–Crippen MR) is 101 cm³/mol. The molecule has 8 nitrogen and oxygen atoms in total. The van der Waals surface area contributed by atoms with E-state index >= 15 is 0 Å². The molecule has 0 aromatic carbocycles. The Bertz CT molecular complexity index is 751. The molecule has 0 radical (unpaired) electrons. The summed E-state index contributed by atoms with van der Waals surface area (Å²) in [5, 5.41) is 8.37. The van der Waals surface area contributed by atoms with Gasteiger partial charge in [-0.1, -0.05) is 0 Å². The molecule has 2 aliphatic heterocycles. The zero-order valence-corrected chi connectivity index (χ0v) is 17.2. The lowest BCUT2D eigenvalue weighted by molar-refractivity contribution is 0.00578. The molecule has 1 atom stereocenters. The van der Waals surface area contributed by atoms with Crippen molar-refractivity contribution in [1.29, 1.82) is 0 Å². The van der Waals surface area contributed by atoms with Gasteiger partial charge in [-0.2, -0.15) is 0 Å². The van der Waals surface area contributed by atoms with E-state index in [1.54, 1.807) is 0 Å². The quantitative estimate of drug-likeness (QED) is 0.548. The molecule has 2 aliphatic rings. The summed E-state index contributed by atoms with van der Waals surface area (Å²) >= 11 is 0. The van der Waals surface area contributed by atoms with Gasteiger partial charge in [0.05, 0.1) is 23.1 Å². The lowest BCUT2D eigenvalue weighted by Crippen LogP contribution is -2.44. The van der Waals surface area contributed by atoms with E-state index in [-0.39, 0.29) is 11.8 Å². The van der Waals surface area contributed by atoms with Crippen LogP contribution in [0, 0.1) is 0 Å². The molecule has 0 spiro atoms. The number of hydrogen-bond donors (Lipinski definition) is 1. The number of sulfone groups is 1. The third kappa shape index (κ3) is 4.05. The van der Waals surface area contributed by atoms with Crippen LogP contribution < -0.4 is 5.46 Å². The Morgan fingerprint density at radius 2 is 1.81 bits per heavy atom. The molecule has 0 saturated carbocycles. The Labute approximate surface area is 161 Å². The summed E-state index contributed by atoms with van der Waals surface area (Å²) in [5.41, 5.74) is -0.375. The highest BCUT2D eigenvalue weighted by Gasteiger charge is 2.52. The summed E-state index contributed by atoms with van der Waals surface area (Å²) in [6.45, 7) is 9.50. The standard InChI is InChI=1S/C17H28BN3O5S/c1-16(2)17(3,4)26-18(25-16)13-10-19-15(20-11-13)27(23,24)14-6-5-7-21(12-14)8-9-22/h10-11,14,22H,5-9,12H2,1-4H3/t14-/m0/s1. The van der Waals surface area contributed by atoms with Gasteiger partial charge in [0.25, 0.3) is 0 Å². The van der Waals surface area contributed by atoms with Crippen molar-refractivity contribution in [3.63, 3.8) is 0 Å². The van der Waals surface area contributed by atoms with Crippen molar-refractivity contribution in [1.82, 2.24) is 14.9 Å². The molecule has 27 heavy (non-hydrogen) atoms. The zero-order valence-electron chi connectivity index (χ0n) is 16.4. The van der Waals surface area contributed by atoms with Crippen LogP contribution in [-0.2, 0) is 19.1 Å². The van der Waals surface area contributed by atoms with Crippen LogP contribution in [0.4, 0.5) is 0 Å². The number of aliphatic hydroxyl groups excluding tert-OH is 1. The van der Waals surface area contributed by atoms with Crippen molar-refractivity contribution in [2.45, 2.75) is 62.1 Å². The second kappa shape index (κ2) is 7.40. The number of hydrogen-bond acceptors (Lipinski definition) is 8. The Balaban J connectivity index is 1.75. The van der Waals surface area contributed by atoms with Crippen molar-refractivity contribution >= 4 is 22.4 Å². The van der Waals surface area contributed by atoms with E-state index in [0.717, 1.165) is 13.0 Å². The van der Waals surface area contributed by atoms with Crippen molar-refractivity contribution in [2.24, 2.45) is 0 Å². The Hall–Kier alpha value is -1.07. The number of piperidine rings is 1. The molecule has 10 heteroatoms. The van der Waals surface area contributed by atoms with Crippen LogP contribution in [0.2, 0.25) is 0 Å². The molecular formula is C17H28BN3O5S. The maximum absolute atomic E-state index is 12.9. The lowest BCUT2D eigenvalue weighted by Gasteiger charge is -2.32. The maximum atomic E-state index is 12.9. The molecule has 0 amide bonds. The molecule has 1 N–H and O–H groups in total. The minimum absolute atomic E-state index is 0.0199. The van der Waals surface area contributed by atoms with Crippen molar-refractivity contribution in [2.75, 3.05) is 26.2 Å². The summed E-state index contributed by atoms with van der Waals surface area (Å²) in [7, 11) is -4.25. The second-order valence-corrected chi connectivity index (χ2v) is 10.3. The van der Waals surface area contributed by atoms with Crippen LogP contribution in [0.25, 0.3) is 0 Å². The molecule has 0 unspecified atom stereocenters. The van der Waals surface area contributed by atoms with E-state index in [0.29, 0.717) is 25.0 Å². The number of aliphatic hydroxyl groups is 1.